The Balaban J connectivity index is 2.18. The molecule has 1 N–H and O–H groups in total. The topological polar surface area (TPSA) is 38.7 Å². The molecule has 0 amide bonds. The third-order valence-electron chi connectivity index (χ3n) is 2.76. The van der Waals surface area contributed by atoms with Gasteiger partial charge in [-0.05, 0) is 51.3 Å². The quantitative estimate of drug-likeness (QED) is 0.802. The van der Waals surface area contributed by atoms with Crippen LogP contribution in [0, 0.1) is 0 Å². The van der Waals surface area contributed by atoms with Gasteiger partial charge in [-0.3, -0.25) is 0 Å². The second-order valence-electron chi connectivity index (χ2n) is 4.20. The summed E-state index contributed by atoms with van der Waals surface area (Å²) in [5.41, 5.74) is 1.91. The number of phenolic OH excluding ortho intramolecular Hbond substituents is 1. The minimum absolute atomic E-state index is 0.235. The fourth-order valence-corrected chi connectivity index (χ4v) is 2.50. The first-order valence-electron chi connectivity index (χ1n) is 5.97. The molecule has 2 rings (SSSR count). The number of methoxy groups -OCH3 is 1. The molecule has 0 saturated heterocycles. The van der Waals surface area contributed by atoms with Crippen LogP contribution >= 0.6 is 27.5 Å². The fraction of sp³-hybridized carbons (Fsp3) is 0.200. The summed E-state index contributed by atoms with van der Waals surface area (Å²) in [6.45, 7) is 0.384. The van der Waals surface area contributed by atoms with E-state index in [-0.39, 0.29) is 5.75 Å². The lowest BCUT2D eigenvalue weighted by atomic mass is 10.2. The summed E-state index contributed by atoms with van der Waals surface area (Å²) >= 11 is 9.29. The Morgan fingerprint density at radius 2 is 1.85 bits per heavy atom. The second-order valence-corrected chi connectivity index (χ2v) is 5.32. The molecule has 3 nitrogen and oxygen atoms in total. The Kier molecular flexibility index (Phi) is 5.15. The number of phenols is 1. The lowest BCUT2D eigenvalue weighted by molar-refractivity contribution is 0.282. The van der Waals surface area contributed by atoms with Crippen molar-refractivity contribution in [3.05, 3.63) is 52.0 Å². The summed E-state index contributed by atoms with van der Waals surface area (Å²) in [4.78, 5) is 0. The van der Waals surface area contributed by atoms with E-state index in [1.165, 1.54) is 0 Å². The highest BCUT2D eigenvalue weighted by Gasteiger charge is 2.11. The number of benzene rings is 2. The van der Waals surface area contributed by atoms with Crippen LogP contribution in [0.25, 0.3) is 0 Å². The number of alkyl halides is 1. The monoisotopic (exact) mass is 356 g/mol. The molecule has 5 heteroatoms. The molecule has 0 aliphatic heterocycles. The van der Waals surface area contributed by atoms with Crippen LogP contribution in [0.2, 0.25) is 0 Å². The average molecular weight is 358 g/mol. The van der Waals surface area contributed by atoms with Crippen LogP contribution in [0.4, 0.5) is 0 Å². The van der Waals surface area contributed by atoms with Crippen LogP contribution in [0.1, 0.15) is 11.1 Å². The summed E-state index contributed by atoms with van der Waals surface area (Å²) in [5, 5.41) is 9.25. The minimum Gasteiger partial charge on any atom is -0.508 e. The molecule has 0 saturated carbocycles. The zero-order chi connectivity index (χ0) is 14.5. The first-order chi connectivity index (χ1) is 9.63. The second kappa shape index (κ2) is 6.86. The Morgan fingerprint density at radius 3 is 2.45 bits per heavy atom. The molecule has 0 aromatic heterocycles. The van der Waals surface area contributed by atoms with Crippen LogP contribution < -0.4 is 9.47 Å². The van der Waals surface area contributed by atoms with E-state index in [9.17, 15) is 5.11 Å². The highest BCUT2D eigenvalue weighted by Crippen LogP contribution is 2.37. The summed E-state index contributed by atoms with van der Waals surface area (Å²) in [6, 6.07) is 10.6. The number of aromatic hydroxyl groups is 1. The van der Waals surface area contributed by atoms with Crippen molar-refractivity contribution in [2.45, 2.75) is 12.5 Å². The summed E-state index contributed by atoms with van der Waals surface area (Å²) in [6.07, 6.45) is 0. The maximum absolute atomic E-state index is 9.25. The van der Waals surface area contributed by atoms with Gasteiger partial charge in [0, 0.05) is 5.88 Å². The van der Waals surface area contributed by atoms with E-state index in [0.717, 1.165) is 15.6 Å². The summed E-state index contributed by atoms with van der Waals surface area (Å²) < 4.78 is 11.9. The van der Waals surface area contributed by atoms with Gasteiger partial charge in [0.25, 0.3) is 0 Å². The maximum atomic E-state index is 9.25. The fourth-order valence-electron chi connectivity index (χ4n) is 1.74. The molecule has 0 bridgehead atoms. The molecule has 0 spiro atoms. The third kappa shape index (κ3) is 3.58. The van der Waals surface area contributed by atoms with Crippen molar-refractivity contribution in [1.29, 1.82) is 0 Å². The lowest BCUT2D eigenvalue weighted by Crippen LogP contribution is -1.99. The van der Waals surface area contributed by atoms with Crippen LogP contribution in [-0.4, -0.2) is 12.2 Å². The molecular formula is C15H14BrClO3. The number of rotatable bonds is 5. The molecule has 2 aromatic rings. The zero-order valence-corrected chi connectivity index (χ0v) is 13.2. The first-order valence-corrected chi connectivity index (χ1v) is 7.30. The summed E-state index contributed by atoms with van der Waals surface area (Å²) in [7, 11) is 1.59. The summed E-state index contributed by atoms with van der Waals surface area (Å²) in [5.74, 6) is 1.91. The van der Waals surface area contributed by atoms with Gasteiger partial charge in [0.2, 0.25) is 0 Å². The van der Waals surface area contributed by atoms with E-state index < -0.39 is 0 Å². The van der Waals surface area contributed by atoms with E-state index in [2.05, 4.69) is 15.9 Å². The van der Waals surface area contributed by atoms with Gasteiger partial charge in [-0.25, -0.2) is 0 Å². The number of hydrogen-bond donors (Lipinski definition) is 1. The third-order valence-corrected chi connectivity index (χ3v) is 3.66. The normalized spacial score (nSPS) is 10.3. The van der Waals surface area contributed by atoms with Gasteiger partial charge in [0.1, 0.15) is 12.4 Å². The van der Waals surface area contributed by atoms with E-state index in [4.69, 9.17) is 21.1 Å². The van der Waals surface area contributed by atoms with Crippen molar-refractivity contribution >= 4 is 27.5 Å². The highest BCUT2D eigenvalue weighted by atomic mass is 79.9. The predicted octanol–water partition coefficient (Wildman–Crippen LogP) is 4.48. The molecule has 106 valence electrons. The van der Waals surface area contributed by atoms with E-state index >= 15 is 0 Å². The number of ether oxygens (including phenoxy) is 2. The van der Waals surface area contributed by atoms with Crippen molar-refractivity contribution in [1.82, 2.24) is 0 Å². The zero-order valence-electron chi connectivity index (χ0n) is 10.9. The number of halogens is 2. The van der Waals surface area contributed by atoms with Crippen molar-refractivity contribution < 1.29 is 14.6 Å². The van der Waals surface area contributed by atoms with Gasteiger partial charge < -0.3 is 14.6 Å². The molecule has 0 heterocycles. The smallest absolute Gasteiger partial charge is 0.175 e. The standard InChI is InChI=1S/C15H14BrClO3/c1-19-14-7-11(8-17)6-13(16)15(14)20-9-10-2-4-12(18)5-3-10/h2-7,18H,8-9H2,1H3. The van der Waals surface area contributed by atoms with Crippen molar-refractivity contribution in [2.24, 2.45) is 0 Å². The van der Waals surface area contributed by atoms with Gasteiger partial charge in [0.05, 0.1) is 11.6 Å². The van der Waals surface area contributed by atoms with Gasteiger partial charge in [-0.2, -0.15) is 0 Å². The Hall–Kier alpha value is -1.39. The van der Waals surface area contributed by atoms with Crippen LogP contribution in [-0.2, 0) is 12.5 Å². The maximum Gasteiger partial charge on any atom is 0.175 e. The van der Waals surface area contributed by atoms with Gasteiger partial charge >= 0.3 is 0 Å². The van der Waals surface area contributed by atoms with Crippen molar-refractivity contribution in [3.8, 4) is 17.2 Å². The first kappa shape index (κ1) is 15.0. The molecule has 0 radical (unpaired) electrons. The van der Waals surface area contributed by atoms with E-state index in [1.807, 2.05) is 24.3 Å². The highest BCUT2D eigenvalue weighted by molar-refractivity contribution is 9.10. The largest absolute Gasteiger partial charge is 0.508 e. The van der Waals surface area contributed by atoms with E-state index in [0.29, 0.717) is 24.0 Å². The Labute approximate surface area is 131 Å². The minimum atomic E-state index is 0.235. The Bertz CT molecular complexity index is 584. The van der Waals surface area contributed by atoms with Crippen molar-refractivity contribution in [3.63, 3.8) is 0 Å². The van der Waals surface area contributed by atoms with Crippen molar-refractivity contribution in [2.75, 3.05) is 7.11 Å². The molecule has 0 aliphatic rings. The molecular weight excluding hydrogens is 344 g/mol. The Morgan fingerprint density at radius 1 is 1.15 bits per heavy atom. The SMILES string of the molecule is COc1cc(CCl)cc(Br)c1OCc1ccc(O)cc1. The lowest BCUT2D eigenvalue weighted by Gasteiger charge is -2.14. The number of hydrogen-bond acceptors (Lipinski definition) is 3. The van der Waals surface area contributed by atoms with Gasteiger partial charge in [-0.1, -0.05) is 12.1 Å². The van der Waals surface area contributed by atoms with Gasteiger partial charge in [-0.15, -0.1) is 11.6 Å². The predicted molar refractivity (Wildman–Crippen MR) is 82.7 cm³/mol. The average Bonchev–Trinajstić information content (AvgIpc) is 2.47. The van der Waals surface area contributed by atoms with Gasteiger partial charge in [0.15, 0.2) is 11.5 Å². The molecule has 0 atom stereocenters. The molecule has 20 heavy (non-hydrogen) atoms. The molecule has 0 unspecified atom stereocenters. The molecule has 2 aromatic carbocycles. The molecule has 0 fully saturated rings. The van der Waals surface area contributed by atoms with E-state index in [1.54, 1.807) is 19.2 Å². The molecule has 0 aliphatic carbocycles. The van der Waals surface area contributed by atoms with Crippen LogP contribution in [0.3, 0.4) is 0 Å². The van der Waals surface area contributed by atoms with Crippen LogP contribution in [0.5, 0.6) is 17.2 Å². The van der Waals surface area contributed by atoms with Crippen LogP contribution in [0.15, 0.2) is 40.9 Å².